The fourth-order valence-corrected chi connectivity index (χ4v) is 3.30. The zero-order chi connectivity index (χ0) is 20.1. The number of carbonyl (C=O) groups is 4. The van der Waals surface area contributed by atoms with E-state index in [4.69, 9.17) is 0 Å². The average molecular weight is 390 g/mol. The lowest BCUT2D eigenvalue weighted by Gasteiger charge is -2.08. The van der Waals surface area contributed by atoms with Crippen LogP contribution in [0.15, 0.2) is 24.3 Å². The second kappa shape index (κ2) is 8.45. The molecule has 0 aliphatic carbocycles. The predicted octanol–water partition coefficient (Wildman–Crippen LogP) is 2.90. The Morgan fingerprint density at radius 1 is 0.889 bits per heavy atom. The fourth-order valence-electron chi connectivity index (χ4n) is 2.25. The normalized spacial score (nSPS) is 10.1. The van der Waals surface area contributed by atoms with Crippen molar-refractivity contribution in [2.75, 3.05) is 19.5 Å². The molecule has 1 heterocycles. The molecule has 0 aliphatic heterocycles. The maximum absolute atomic E-state index is 12.5. The van der Waals surface area contributed by atoms with E-state index in [1.807, 2.05) is 0 Å². The number of esters is 1. The van der Waals surface area contributed by atoms with Crippen molar-refractivity contribution in [3.8, 4) is 0 Å². The van der Waals surface area contributed by atoms with Crippen LogP contribution in [0.4, 0.5) is 9.80 Å². The maximum Gasteiger partial charge on any atom is 0.413 e. The summed E-state index contributed by atoms with van der Waals surface area (Å²) in [5.41, 5.74) is 1.46. The standard InChI is InChI=1S/C18H18N2O6S/c1-9-10(2)27-16(13(9)15(22)20-18(24)26-4)19-14(21)11-5-7-12(8-6-11)17(23)25-3/h5-8H,1-4H3,(H,19,21)(H,20,22,24). The van der Waals surface area contributed by atoms with Crippen LogP contribution in [0, 0.1) is 13.8 Å². The molecule has 2 aromatic rings. The van der Waals surface area contributed by atoms with Crippen molar-refractivity contribution >= 4 is 40.2 Å². The van der Waals surface area contributed by atoms with Crippen molar-refractivity contribution in [1.29, 1.82) is 0 Å². The highest BCUT2D eigenvalue weighted by atomic mass is 32.1. The van der Waals surface area contributed by atoms with Gasteiger partial charge in [-0.2, -0.15) is 0 Å². The highest BCUT2D eigenvalue weighted by molar-refractivity contribution is 7.16. The molecule has 0 aliphatic rings. The molecule has 0 bridgehead atoms. The SMILES string of the molecule is COC(=O)NC(=O)c1c(NC(=O)c2ccc(C(=O)OC)cc2)sc(C)c1C. The van der Waals surface area contributed by atoms with Crippen LogP contribution in [0.5, 0.6) is 0 Å². The lowest BCUT2D eigenvalue weighted by molar-refractivity contribution is 0.0600. The van der Waals surface area contributed by atoms with Gasteiger partial charge >= 0.3 is 12.1 Å². The topological polar surface area (TPSA) is 111 Å². The van der Waals surface area contributed by atoms with E-state index < -0.39 is 23.9 Å². The molecule has 8 nitrogen and oxygen atoms in total. The number of carbonyl (C=O) groups excluding carboxylic acids is 4. The van der Waals surface area contributed by atoms with Crippen LogP contribution in [0.25, 0.3) is 0 Å². The number of ether oxygens (including phenoxy) is 2. The molecule has 1 aromatic carbocycles. The van der Waals surface area contributed by atoms with Gasteiger partial charge in [0.2, 0.25) is 0 Å². The van der Waals surface area contributed by atoms with E-state index in [0.29, 0.717) is 21.7 Å². The highest BCUT2D eigenvalue weighted by Crippen LogP contribution is 2.32. The zero-order valence-corrected chi connectivity index (χ0v) is 16.0. The van der Waals surface area contributed by atoms with Gasteiger partial charge < -0.3 is 14.8 Å². The van der Waals surface area contributed by atoms with Gasteiger partial charge in [0.1, 0.15) is 5.00 Å². The third-order valence-corrected chi connectivity index (χ3v) is 4.93. The first-order valence-corrected chi connectivity index (χ1v) is 8.59. The van der Waals surface area contributed by atoms with Gasteiger partial charge in [-0.15, -0.1) is 11.3 Å². The van der Waals surface area contributed by atoms with E-state index >= 15 is 0 Å². The van der Waals surface area contributed by atoms with E-state index in [-0.39, 0.29) is 5.56 Å². The average Bonchev–Trinajstić information content (AvgIpc) is 2.94. The zero-order valence-electron chi connectivity index (χ0n) is 15.2. The molecule has 0 saturated heterocycles. The molecule has 0 unspecified atom stereocenters. The van der Waals surface area contributed by atoms with Crippen LogP contribution in [0.3, 0.4) is 0 Å². The third kappa shape index (κ3) is 4.50. The Kier molecular flexibility index (Phi) is 6.30. The molecule has 1 aromatic heterocycles. The van der Waals surface area contributed by atoms with Crippen molar-refractivity contribution in [2.24, 2.45) is 0 Å². The molecule has 0 fully saturated rings. The summed E-state index contributed by atoms with van der Waals surface area (Å²) in [6.07, 6.45) is -0.890. The summed E-state index contributed by atoms with van der Waals surface area (Å²) in [6, 6.07) is 5.89. The highest BCUT2D eigenvalue weighted by Gasteiger charge is 2.23. The third-order valence-electron chi connectivity index (χ3n) is 3.81. The number of hydrogen-bond donors (Lipinski definition) is 2. The Bertz CT molecular complexity index is 901. The first-order valence-electron chi connectivity index (χ1n) is 7.77. The maximum atomic E-state index is 12.5. The van der Waals surface area contributed by atoms with Crippen LogP contribution < -0.4 is 10.6 Å². The first-order chi connectivity index (χ1) is 12.8. The molecule has 0 saturated carbocycles. The smallest absolute Gasteiger partial charge is 0.413 e. The monoisotopic (exact) mass is 390 g/mol. The largest absolute Gasteiger partial charge is 0.465 e. The summed E-state index contributed by atoms with van der Waals surface area (Å²) >= 11 is 1.22. The van der Waals surface area contributed by atoms with Gasteiger partial charge in [-0.3, -0.25) is 14.9 Å². The lowest BCUT2D eigenvalue weighted by atomic mass is 10.1. The molecule has 0 atom stereocenters. The minimum Gasteiger partial charge on any atom is -0.465 e. The second-order valence-electron chi connectivity index (χ2n) is 5.46. The van der Waals surface area contributed by atoms with E-state index in [1.165, 1.54) is 42.7 Å². The molecule has 142 valence electrons. The summed E-state index contributed by atoms with van der Waals surface area (Å²) in [6.45, 7) is 3.52. The number of hydrogen-bond acceptors (Lipinski definition) is 7. The quantitative estimate of drug-likeness (QED) is 0.777. The number of alkyl carbamates (subject to hydrolysis) is 1. The molecule has 3 amide bonds. The molecule has 9 heteroatoms. The van der Waals surface area contributed by atoms with Gasteiger partial charge in [0.05, 0.1) is 25.3 Å². The Balaban J connectivity index is 2.25. The van der Waals surface area contributed by atoms with Gasteiger partial charge in [0, 0.05) is 10.4 Å². The number of thiophene rings is 1. The predicted molar refractivity (Wildman–Crippen MR) is 99.4 cm³/mol. The molecule has 0 spiro atoms. The van der Waals surface area contributed by atoms with Gasteiger partial charge in [0.15, 0.2) is 0 Å². The molecular weight excluding hydrogens is 372 g/mol. The van der Waals surface area contributed by atoms with Gasteiger partial charge in [0.25, 0.3) is 11.8 Å². The van der Waals surface area contributed by atoms with Crippen molar-refractivity contribution in [2.45, 2.75) is 13.8 Å². The van der Waals surface area contributed by atoms with Crippen molar-refractivity contribution < 1.29 is 28.7 Å². The summed E-state index contributed by atoms with van der Waals surface area (Å²) < 4.78 is 9.04. The molecule has 2 N–H and O–H groups in total. The summed E-state index contributed by atoms with van der Waals surface area (Å²) in [5, 5.41) is 5.07. The molecular formula is C18H18N2O6S. The summed E-state index contributed by atoms with van der Waals surface area (Å²) in [4.78, 5) is 48.4. The molecule has 0 radical (unpaired) electrons. The Morgan fingerprint density at radius 3 is 2.04 bits per heavy atom. The van der Waals surface area contributed by atoms with Crippen LogP contribution in [-0.2, 0) is 9.47 Å². The number of amides is 3. The van der Waals surface area contributed by atoms with Gasteiger partial charge in [-0.25, -0.2) is 9.59 Å². The number of aryl methyl sites for hydroxylation is 1. The Labute approximate surface area is 159 Å². The summed E-state index contributed by atoms with van der Waals surface area (Å²) in [7, 11) is 2.42. The van der Waals surface area contributed by atoms with Crippen molar-refractivity contribution in [3.05, 3.63) is 51.4 Å². The van der Waals surface area contributed by atoms with Crippen LogP contribution in [0.2, 0.25) is 0 Å². The van der Waals surface area contributed by atoms with Gasteiger partial charge in [-0.1, -0.05) is 0 Å². The number of imide groups is 1. The van der Waals surface area contributed by atoms with Crippen molar-refractivity contribution in [3.63, 3.8) is 0 Å². The lowest BCUT2D eigenvalue weighted by Crippen LogP contribution is -2.31. The molecule has 27 heavy (non-hydrogen) atoms. The van der Waals surface area contributed by atoms with E-state index in [1.54, 1.807) is 13.8 Å². The van der Waals surface area contributed by atoms with Crippen LogP contribution >= 0.6 is 11.3 Å². The van der Waals surface area contributed by atoms with E-state index in [0.717, 1.165) is 12.0 Å². The Morgan fingerprint density at radius 2 is 1.48 bits per heavy atom. The number of nitrogens with one attached hydrogen (secondary N) is 2. The van der Waals surface area contributed by atoms with E-state index in [9.17, 15) is 19.2 Å². The summed E-state index contributed by atoms with van der Waals surface area (Å²) in [5.74, 6) is -1.63. The van der Waals surface area contributed by atoms with Crippen LogP contribution in [0.1, 0.15) is 41.5 Å². The number of rotatable bonds is 4. The second-order valence-corrected chi connectivity index (χ2v) is 6.68. The number of benzene rings is 1. The van der Waals surface area contributed by atoms with Crippen molar-refractivity contribution in [1.82, 2.24) is 5.32 Å². The first kappa shape index (κ1) is 20.1. The fraction of sp³-hybridized carbons (Fsp3) is 0.222. The minimum absolute atomic E-state index is 0.197. The van der Waals surface area contributed by atoms with Gasteiger partial charge in [-0.05, 0) is 43.7 Å². The van der Waals surface area contributed by atoms with Crippen LogP contribution in [-0.4, -0.2) is 38.1 Å². The minimum atomic E-state index is -0.890. The Hall–Kier alpha value is -3.20. The number of methoxy groups -OCH3 is 2. The molecule has 2 rings (SSSR count). The van der Waals surface area contributed by atoms with E-state index in [2.05, 4.69) is 20.1 Å². The number of anilines is 1.